The number of alkyl halides is 3. The van der Waals surface area contributed by atoms with E-state index in [0.717, 1.165) is 37.8 Å². The quantitative estimate of drug-likeness (QED) is 0.575. The standard InChI is InChI=1S/C20H24ClF3N2O4/c21-15-10-9-13(20(22,23)24)11-16(15)26-18(28)12-30-19(29)8-4-7-17(27)25-14-5-2-1-3-6-14/h9-11,14H,1-8,12H2,(H,25,27)(H,26,28). The second-order valence-electron chi connectivity index (χ2n) is 7.16. The Labute approximate surface area is 177 Å². The van der Waals surface area contributed by atoms with Crippen LogP contribution < -0.4 is 10.6 Å². The molecule has 1 aliphatic carbocycles. The minimum atomic E-state index is -4.58. The summed E-state index contributed by atoms with van der Waals surface area (Å²) in [5, 5.41) is 5.05. The summed E-state index contributed by atoms with van der Waals surface area (Å²) in [5.41, 5.74) is -1.20. The molecule has 0 heterocycles. The lowest BCUT2D eigenvalue weighted by molar-refractivity contribution is -0.147. The molecule has 1 aliphatic rings. The van der Waals surface area contributed by atoms with Gasteiger partial charge in [0.15, 0.2) is 6.61 Å². The van der Waals surface area contributed by atoms with Gasteiger partial charge in [0, 0.05) is 18.9 Å². The predicted molar refractivity (Wildman–Crippen MR) is 105 cm³/mol. The van der Waals surface area contributed by atoms with Gasteiger partial charge in [-0.2, -0.15) is 13.2 Å². The van der Waals surface area contributed by atoms with Crippen LogP contribution in [0, 0.1) is 0 Å². The van der Waals surface area contributed by atoms with Crippen LogP contribution in [0.25, 0.3) is 0 Å². The van der Waals surface area contributed by atoms with Gasteiger partial charge in [0.05, 0.1) is 16.3 Å². The van der Waals surface area contributed by atoms with E-state index in [1.54, 1.807) is 0 Å². The van der Waals surface area contributed by atoms with E-state index < -0.39 is 30.2 Å². The van der Waals surface area contributed by atoms with Crippen LogP contribution in [-0.2, 0) is 25.3 Å². The molecule has 166 valence electrons. The van der Waals surface area contributed by atoms with Gasteiger partial charge in [0.1, 0.15) is 0 Å². The van der Waals surface area contributed by atoms with Gasteiger partial charge in [0.25, 0.3) is 5.91 Å². The lowest BCUT2D eigenvalue weighted by atomic mass is 9.95. The summed E-state index contributed by atoms with van der Waals surface area (Å²) < 4.78 is 43.0. The van der Waals surface area contributed by atoms with Crippen molar-refractivity contribution in [3.05, 3.63) is 28.8 Å². The summed E-state index contributed by atoms with van der Waals surface area (Å²) >= 11 is 5.79. The van der Waals surface area contributed by atoms with Gasteiger partial charge < -0.3 is 15.4 Å². The van der Waals surface area contributed by atoms with Crippen molar-refractivity contribution in [3.63, 3.8) is 0 Å². The number of nitrogens with one attached hydrogen (secondary N) is 2. The van der Waals surface area contributed by atoms with E-state index in [4.69, 9.17) is 16.3 Å². The van der Waals surface area contributed by atoms with Gasteiger partial charge in [-0.1, -0.05) is 30.9 Å². The molecule has 1 saturated carbocycles. The zero-order valence-electron chi connectivity index (χ0n) is 16.3. The van der Waals surface area contributed by atoms with Crippen LogP contribution in [0.1, 0.15) is 56.9 Å². The van der Waals surface area contributed by atoms with E-state index in [1.165, 1.54) is 6.42 Å². The third-order valence-electron chi connectivity index (χ3n) is 4.69. The molecule has 0 saturated heterocycles. The van der Waals surface area contributed by atoms with E-state index in [-0.39, 0.29) is 41.9 Å². The van der Waals surface area contributed by atoms with Crippen molar-refractivity contribution < 1.29 is 32.3 Å². The first-order chi connectivity index (χ1) is 14.1. The van der Waals surface area contributed by atoms with Gasteiger partial charge in [-0.15, -0.1) is 0 Å². The number of halogens is 4. The fourth-order valence-electron chi connectivity index (χ4n) is 3.14. The average molecular weight is 449 g/mol. The van der Waals surface area contributed by atoms with Gasteiger partial charge in [-0.25, -0.2) is 0 Å². The molecule has 0 bridgehead atoms. The van der Waals surface area contributed by atoms with Crippen LogP contribution in [0.5, 0.6) is 0 Å². The molecule has 0 spiro atoms. The van der Waals surface area contributed by atoms with Gasteiger partial charge in [-0.3, -0.25) is 14.4 Å². The fraction of sp³-hybridized carbons (Fsp3) is 0.550. The van der Waals surface area contributed by atoms with E-state index in [1.807, 2.05) is 0 Å². The van der Waals surface area contributed by atoms with Crippen molar-refractivity contribution in [1.29, 1.82) is 0 Å². The highest BCUT2D eigenvalue weighted by Gasteiger charge is 2.31. The Bertz CT molecular complexity index is 765. The SMILES string of the molecule is O=C(COC(=O)CCCC(=O)NC1CCCCC1)Nc1cc(C(F)(F)F)ccc1Cl. The van der Waals surface area contributed by atoms with E-state index in [2.05, 4.69) is 10.6 Å². The number of rotatable bonds is 8. The molecule has 30 heavy (non-hydrogen) atoms. The molecular weight excluding hydrogens is 425 g/mol. The Morgan fingerprint density at radius 3 is 2.43 bits per heavy atom. The van der Waals surface area contributed by atoms with Crippen LogP contribution in [0.3, 0.4) is 0 Å². The molecule has 1 aromatic carbocycles. The Balaban J connectivity index is 1.68. The van der Waals surface area contributed by atoms with Crippen LogP contribution in [-0.4, -0.2) is 30.4 Å². The van der Waals surface area contributed by atoms with Gasteiger partial charge in [-0.05, 0) is 37.5 Å². The van der Waals surface area contributed by atoms with Crippen LogP contribution in [0.4, 0.5) is 18.9 Å². The molecule has 1 aromatic rings. The molecule has 0 unspecified atom stereocenters. The first-order valence-corrected chi connectivity index (χ1v) is 10.1. The highest BCUT2D eigenvalue weighted by atomic mass is 35.5. The number of carbonyl (C=O) groups excluding carboxylic acids is 3. The monoisotopic (exact) mass is 448 g/mol. The maximum atomic E-state index is 12.7. The number of hydrogen-bond acceptors (Lipinski definition) is 4. The molecule has 0 radical (unpaired) electrons. The number of benzene rings is 1. The topological polar surface area (TPSA) is 84.5 Å². The van der Waals surface area contributed by atoms with Crippen molar-refractivity contribution >= 4 is 35.1 Å². The minimum absolute atomic E-state index is 0.0460. The number of carbonyl (C=O) groups is 3. The molecule has 0 atom stereocenters. The summed E-state index contributed by atoms with van der Waals surface area (Å²) in [6.45, 7) is -0.667. The Morgan fingerprint density at radius 2 is 1.77 bits per heavy atom. The number of hydrogen-bond donors (Lipinski definition) is 2. The molecule has 6 nitrogen and oxygen atoms in total. The zero-order valence-corrected chi connectivity index (χ0v) is 17.1. The third-order valence-corrected chi connectivity index (χ3v) is 5.02. The van der Waals surface area contributed by atoms with Crippen molar-refractivity contribution in [2.45, 2.75) is 63.6 Å². The van der Waals surface area contributed by atoms with Crippen LogP contribution in [0.15, 0.2) is 18.2 Å². The Hall–Kier alpha value is -2.29. The zero-order chi connectivity index (χ0) is 22.1. The number of anilines is 1. The summed E-state index contributed by atoms with van der Waals surface area (Å²) in [5.74, 6) is -1.61. The first kappa shape index (κ1) is 24.0. The summed E-state index contributed by atoms with van der Waals surface area (Å²) in [7, 11) is 0. The summed E-state index contributed by atoms with van der Waals surface area (Å²) in [6.07, 6.45) is 1.16. The highest BCUT2D eigenvalue weighted by Crippen LogP contribution is 2.33. The maximum Gasteiger partial charge on any atom is 0.416 e. The van der Waals surface area contributed by atoms with Crippen molar-refractivity contribution in [3.8, 4) is 0 Å². The number of ether oxygens (including phenoxy) is 1. The molecule has 0 aromatic heterocycles. The Morgan fingerprint density at radius 1 is 1.07 bits per heavy atom. The number of esters is 1. The number of amides is 2. The molecule has 1 fully saturated rings. The van der Waals surface area contributed by atoms with E-state index >= 15 is 0 Å². The Kier molecular flexibility index (Phi) is 8.95. The highest BCUT2D eigenvalue weighted by molar-refractivity contribution is 6.33. The summed E-state index contributed by atoms with van der Waals surface area (Å²) in [4.78, 5) is 35.4. The minimum Gasteiger partial charge on any atom is -0.456 e. The van der Waals surface area contributed by atoms with Gasteiger partial charge >= 0.3 is 12.1 Å². The van der Waals surface area contributed by atoms with Crippen LogP contribution in [0.2, 0.25) is 5.02 Å². The first-order valence-electron chi connectivity index (χ1n) is 9.76. The second kappa shape index (κ2) is 11.2. The largest absolute Gasteiger partial charge is 0.456 e. The molecule has 2 amide bonds. The molecule has 2 rings (SSSR count). The molecule has 10 heteroatoms. The lowest BCUT2D eigenvalue weighted by Gasteiger charge is -2.22. The fourth-order valence-corrected chi connectivity index (χ4v) is 3.31. The second-order valence-corrected chi connectivity index (χ2v) is 7.56. The van der Waals surface area contributed by atoms with Crippen molar-refractivity contribution in [1.82, 2.24) is 5.32 Å². The maximum absolute atomic E-state index is 12.7. The molecule has 0 aliphatic heterocycles. The molecule has 2 N–H and O–H groups in total. The normalized spacial score (nSPS) is 14.8. The van der Waals surface area contributed by atoms with E-state index in [9.17, 15) is 27.6 Å². The smallest absolute Gasteiger partial charge is 0.416 e. The van der Waals surface area contributed by atoms with Gasteiger partial charge in [0.2, 0.25) is 5.91 Å². The lowest BCUT2D eigenvalue weighted by Crippen LogP contribution is -2.36. The van der Waals surface area contributed by atoms with Crippen LogP contribution >= 0.6 is 11.6 Å². The van der Waals surface area contributed by atoms with Crippen molar-refractivity contribution in [2.75, 3.05) is 11.9 Å². The average Bonchev–Trinajstić information content (AvgIpc) is 2.68. The van der Waals surface area contributed by atoms with E-state index in [0.29, 0.717) is 6.07 Å². The third kappa shape index (κ3) is 8.22. The summed E-state index contributed by atoms with van der Waals surface area (Å²) in [6, 6.07) is 2.71. The van der Waals surface area contributed by atoms with Crippen molar-refractivity contribution in [2.24, 2.45) is 0 Å². The predicted octanol–water partition coefficient (Wildman–Crippen LogP) is 4.46. The molecular formula is C20H24ClF3N2O4.